The maximum absolute atomic E-state index is 12.3. The third kappa shape index (κ3) is 1.61. The summed E-state index contributed by atoms with van der Waals surface area (Å²) in [5, 5.41) is 9.15. The molecule has 0 spiro atoms. The molecule has 2 bridgehead atoms. The minimum absolute atomic E-state index is 0.192. The van der Waals surface area contributed by atoms with E-state index in [1.54, 1.807) is 0 Å². The van der Waals surface area contributed by atoms with E-state index in [9.17, 15) is 14.4 Å². The molecule has 0 radical (unpaired) electrons. The molecule has 7 heteroatoms. The second-order valence-corrected chi connectivity index (χ2v) is 5.20. The largest absolute Gasteiger partial charge is 0.480 e. The van der Waals surface area contributed by atoms with E-state index in [0.29, 0.717) is 0 Å². The summed E-state index contributed by atoms with van der Waals surface area (Å²) in [5.41, 5.74) is 0. The molecule has 1 N–H and O–H groups in total. The van der Waals surface area contributed by atoms with Crippen molar-refractivity contribution in [2.45, 2.75) is 31.1 Å². The number of aliphatic carboxylic acids is 1. The molecule has 7 nitrogen and oxygen atoms in total. The molecule has 3 rings (SSSR count). The van der Waals surface area contributed by atoms with Crippen LogP contribution in [0, 0.1) is 11.8 Å². The first-order chi connectivity index (χ1) is 9.06. The van der Waals surface area contributed by atoms with E-state index in [2.05, 4.69) is 0 Å². The van der Waals surface area contributed by atoms with E-state index in [0.717, 1.165) is 17.7 Å². The van der Waals surface area contributed by atoms with Crippen LogP contribution in [0.3, 0.4) is 0 Å². The number of rotatable bonds is 4. The van der Waals surface area contributed by atoms with Gasteiger partial charge in [0, 0.05) is 7.11 Å². The topological polar surface area (TPSA) is 93.1 Å². The Hall–Kier alpha value is -1.47. The number of ether oxygens (including phenoxy) is 2. The van der Waals surface area contributed by atoms with Crippen LogP contribution in [-0.4, -0.2) is 59.8 Å². The maximum atomic E-state index is 12.3. The minimum Gasteiger partial charge on any atom is -0.480 e. The quantitative estimate of drug-likeness (QED) is 0.675. The summed E-state index contributed by atoms with van der Waals surface area (Å²) < 4.78 is 10.4. The molecule has 104 valence electrons. The summed E-state index contributed by atoms with van der Waals surface area (Å²) >= 11 is 0. The molecule has 3 aliphatic rings. The van der Waals surface area contributed by atoms with Gasteiger partial charge >= 0.3 is 5.97 Å². The van der Waals surface area contributed by atoms with Crippen molar-refractivity contribution < 1.29 is 29.0 Å². The van der Waals surface area contributed by atoms with Crippen LogP contribution in [0.25, 0.3) is 0 Å². The van der Waals surface area contributed by atoms with Crippen LogP contribution in [-0.2, 0) is 23.9 Å². The van der Waals surface area contributed by atoms with Gasteiger partial charge in [0.25, 0.3) is 0 Å². The van der Waals surface area contributed by atoms with Crippen LogP contribution < -0.4 is 0 Å². The fourth-order valence-corrected chi connectivity index (χ4v) is 3.46. The number of fused-ring (bicyclic) bond motifs is 5. The normalized spacial score (nSPS) is 37.8. The van der Waals surface area contributed by atoms with Gasteiger partial charge in [0.15, 0.2) is 6.04 Å². The van der Waals surface area contributed by atoms with E-state index in [4.69, 9.17) is 14.6 Å². The summed E-state index contributed by atoms with van der Waals surface area (Å²) in [6.07, 6.45) is 1.07. The number of amides is 2. The number of hydrogen-bond donors (Lipinski definition) is 1. The maximum Gasteiger partial charge on any atom is 0.329 e. The van der Waals surface area contributed by atoms with E-state index in [-0.39, 0.29) is 18.8 Å². The first kappa shape index (κ1) is 12.6. The molecule has 2 amide bonds. The van der Waals surface area contributed by atoms with Gasteiger partial charge in [-0.25, -0.2) is 4.79 Å². The minimum atomic E-state index is -1.24. The Morgan fingerprint density at radius 2 is 1.89 bits per heavy atom. The molecular weight excluding hydrogens is 254 g/mol. The molecule has 3 fully saturated rings. The van der Waals surface area contributed by atoms with E-state index >= 15 is 0 Å². The van der Waals surface area contributed by atoms with Crippen LogP contribution in [0.15, 0.2) is 0 Å². The number of carbonyl (C=O) groups is 3. The average Bonchev–Trinajstić information content (AvgIpc) is 3.02. The first-order valence-corrected chi connectivity index (χ1v) is 6.30. The molecule has 3 heterocycles. The van der Waals surface area contributed by atoms with Crippen molar-refractivity contribution in [2.24, 2.45) is 11.8 Å². The third-order valence-electron chi connectivity index (χ3n) is 4.24. The molecule has 5 unspecified atom stereocenters. The second-order valence-electron chi connectivity index (χ2n) is 5.20. The third-order valence-corrected chi connectivity index (χ3v) is 4.24. The number of nitrogens with zero attached hydrogens (tertiary/aromatic N) is 1. The van der Waals surface area contributed by atoms with Gasteiger partial charge in [0.2, 0.25) is 11.8 Å². The number of imide groups is 1. The van der Waals surface area contributed by atoms with Crippen LogP contribution in [0.5, 0.6) is 0 Å². The SMILES string of the molecule is COCC(C(=O)O)N1C(=O)C2C3CCC(O3)C2C1=O. The molecule has 5 atom stereocenters. The van der Waals surface area contributed by atoms with Gasteiger partial charge in [-0.3, -0.25) is 14.5 Å². The zero-order valence-electron chi connectivity index (χ0n) is 10.4. The Labute approximate surface area is 109 Å². The van der Waals surface area contributed by atoms with Crippen molar-refractivity contribution in [3.05, 3.63) is 0 Å². The molecule has 0 aromatic heterocycles. The fraction of sp³-hybridized carbons (Fsp3) is 0.750. The lowest BCUT2D eigenvalue weighted by Gasteiger charge is -2.23. The zero-order valence-corrected chi connectivity index (χ0v) is 10.4. The van der Waals surface area contributed by atoms with Crippen molar-refractivity contribution in [3.8, 4) is 0 Å². The Morgan fingerprint density at radius 1 is 1.37 bits per heavy atom. The molecule has 3 aliphatic heterocycles. The van der Waals surface area contributed by atoms with Crippen LogP contribution in [0.4, 0.5) is 0 Å². The summed E-state index contributed by atoms with van der Waals surface area (Å²) in [4.78, 5) is 36.7. The highest BCUT2D eigenvalue weighted by Gasteiger charge is 2.63. The van der Waals surface area contributed by atoms with Crippen LogP contribution in [0.1, 0.15) is 12.8 Å². The van der Waals surface area contributed by atoms with Gasteiger partial charge in [-0.15, -0.1) is 0 Å². The predicted octanol–water partition coefficient (Wildman–Crippen LogP) is -0.752. The molecule has 19 heavy (non-hydrogen) atoms. The van der Waals surface area contributed by atoms with Gasteiger partial charge in [0.05, 0.1) is 30.7 Å². The Balaban J connectivity index is 1.90. The Morgan fingerprint density at radius 3 is 2.32 bits per heavy atom. The van der Waals surface area contributed by atoms with Crippen molar-refractivity contribution in [1.82, 2.24) is 4.90 Å². The lowest BCUT2D eigenvalue weighted by Crippen LogP contribution is -2.49. The van der Waals surface area contributed by atoms with E-state index in [1.807, 2.05) is 0 Å². The smallest absolute Gasteiger partial charge is 0.329 e. The Bertz CT molecular complexity index is 422. The number of carbonyl (C=O) groups excluding carboxylic acids is 2. The number of likely N-dealkylation sites (tertiary alicyclic amines) is 1. The van der Waals surface area contributed by atoms with E-state index < -0.39 is 35.7 Å². The van der Waals surface area contributed by atoms with Gasteiger partial charge in [-0.05, 0) is 12.8 Å². The predicted molar refractivity (Wildman–Crippen MR) is 60.0 cm³/mol. The van der Waals surface area contributed by atoms with Crippen LogP contribution >= 0.6 is 0 Å². The summed E-state index contributed by atoms with van der Waals surface area (Å²) in [6, 6.07) is -1.24. The highest BCUT2D eigenvalue weighted by Crippen LogP contribution is 2.48. The van der Waals surface area contributed by atoms with E-state index in [1.165, 1.54) is 7.11 Å². The molecule has 0 aromatic rings. The monoisotopic (exact) mass is 269 g/mol. The molecule has 0 aromatic carbocycles. The molecule has 3 saturated heterocycles. The van der Waals surface area contributed by atoms with Crippen LogP contribution in [0.2, 0.25) is 0 Å². The molecule has 0 saturated carbocycles. The first-order valence-electron chi connectivity index (χ1n) is 6.30. The van der Waals surface area contributed by atoms with Gasteiger partial charge in [-0.2, -0.15) is 0 Å². The zero-order chi connectivity index (χ0) is 13.7. The lowest BCUT2D eigenvalue weighted by atomic mass is 9.81. The number of carboxylic acids is 1. The van der Waals surface area contributed by atoms with Gasteiger partial charge < -0.3 is 14.6 Å². The van der Waals surface area contributed by atoms with Crippen molar-refractivity contribution >= 4 is 17.8 Å². The van der Waals surface area contributed by atoms with Gasteiger partial charge in [-0.1, -0.05) is 0 Å². The Kier molecular flexibility index (Phi) is 2.83. The van der Waals surface area contributed by atoms with Crippen molar-refractivity contribution in [1.29, 1.82) is 0 Å². The summed E-state index contributed by atoms with van der Waals surface area (Å²) in [5.74, 6) is -3.06. The molecule has 0 aliphatic carbocycles. The number of hydrogen-bond acceptors (Lipinski definition) is 5. The van der Waals surface area contributed by atoms with Crippen molar-refractivity contribution in [2.75, 3.05) is 13.7 Å². The summed E-state index contributed by atoms with van der Waals surface area (Å²) in [7, 11) is 1.34. The van der Waals surface area contributed by atoms with Gasteiger partial charge in [0.1, 0.15) is 0 Å². The number of carboxylic acid groups (broad SMARTS) is 1. The highest BCUT2D eigenvalue weighted by atomic mass is 16.5. The lowest BCUT2D eigenvalue weighted by molar-refractivity contribution is -0.158. The average molecular weight is 269 g/mol. The van der Waals surface area contributed by atoms with Crippen molar-refractivity contribution in [3.63, 3.8) is 0 Å². The standard InChI is InChI=1S/C12H15NO6/c1-18-4-5(12(16)17)13-10(14)8-6-2-3-7(19-6)9(8)11(13)15/h5-9H,2-4H2,1H3,(H,16,17). The fourth-order valence-electron chi connectivity index (χ4n) is 3.46. The number of methoxy groups -OCH3 is 1. The highest BCUT2D eigenvalue weighted by molar-refractivity contribution is 6.08. The summed E-state index contributed by atoms with van der Waals surface area (Å²) in [6.45, 7) is -0.192. The molecular formula is C12H15NO6. The second kappa shape index (κ2) is 4.28.